The van der Waals surface area contributed by atoms with Gasteiger partial charge >= 0.3 is 0 Å². The molecule has 0 aromatic carbocycles. The number of aryl methyl sites for hydroxylation is 1. The van der Waals surface area contributed by atoms with Crippen molar-refractivity contribution in [2.24, 2.45) is 5.73 Å². The molecule has 0 saturated carbocycles. The molecule has 0 aliphatic carbocycles. The Morgan fingerprint density at radius 2 is 2.43 bits per heavy atom. The van der Waals surface area contributed by atoms with Gasteiger partial charge in [0.15, 0.2) is 0 Å². The number of aromatic nitrogens is 3. The van der Waals surface area contributed by atoms with E-state index in [1.165, 1.54) is 0 Å². The van der Waals surface area contributed by atoms with E-state index in [1.807, 2.05) is 18.5 Å². The third-order valence-corrected chi connectivity index (χ3v) is 2.92. The Kier molecular flexibility index (Phi) is 2.60. The third kappa shape index (κ3) is 1.83. The zero-order chi connectivity index (χ0) is 9.97. The van der Waals surface area contributed by atoms with Crippen LogP contribution in [0.4, 0.5) is 0 Å². The number of rotatable bonds is 3. The Bertz CT molecular complexity index is 418. The summed E-state index contributed by atoms with van der Waals surface area (Å²) in [5.41, 5.74) is 6.45. The number of nitrogens with zero attached hydrogens (tertiary/aromatic N) is 3. The normalized spacial score (nSPS) is 10.7. The first-order valence-electron chi connectivity index (χ1n) is 4.40. The van der Waals surface area contributed by atoms with E-state index in [1.54, 1.807) is 17.5 Å². The minimum absolute atomic E-state index is 0.513. The second-order valence-corrected chi connectivity index (χ2v) is 3.98. The summed E-state index contributed by atoms with van der Waals surface area (Å²) in [6.45, 7) is 3.29. The van der Waals surface area contributed by atoms with Gasteiger partial charge in [0, 0.05) is 24.3 Å². The van der Waals surface area contributed by atoms with Crippen LogP contribution in [0, 0.1) is 6.92 Å². The molecule has 0 saturated heterocycles. The number of imidazole rings is 1. The van der Waals surface area contributed by atoms with E-state index >= 15 is 0 Å². The molecule has 2 N–H and O–H groups in total. The summed E-state index contributed by atoms with van der Waals surface area (Å²) < 4.78 is 2.07. The molecule has 4 nitrogen and oxygen atoms in total. The summed E-state index contributed by atoms with van der Waals surface area (Å²) >= 11 is 1.64. The van der Waals surface area contributed by atoms with Crippen LogP contribution in [0.15, 0.2) is 17.8 Å². The lowest BCUT2D eigenvalue weighted by Gasteiger charge is -2.00. The molecule has 2 aromatic heterocycles. The van der Waals surface area contributed by atoms with Gasteiger partial charge in [0.25, 0.3) is 0 Å². The summed E-state index contributed by atoms with van der Waals surface area (Å²) in [6, 6.07) is 0. The monoisotopic (exact) mass is 208 g/mol. The molecule has 2 aromatic rings. The molecule has 0 aliphatic heterocycles. The second-order valence-electron chi connectivity index (χ2n) is 3.04. The Hall–Kier alpha value is -1.20. The van der Waals surface area contributed by atoms with E-state index in [4.69, 9.17) is 5.73 Å². The minimum atomic E-state index is 0.513. The van der Waals surface area contributed by atoms with Crippen molar-refractivity contribution in [2.75, 3.05) is 0 Å². The Morgan fingerprint density at radius 3 is 3.00 bits per heavy atom. The first-order valence-corrected chi connectivity index (χ1v) is 5.28. The van der Waals surface area contributed by atoms with Gasteiger partial charge in [-0.2, -0.15) is 0 Å². The Labute approximate surface area is 86.4 Å². The largest absolute Gasteiger partial charge is 0.328 e. The van der Waals surface area contributed by atoms with E-state index in [9.17, 15) is 0 Å². The standard InChI is InChI=1S/C9H12N4S/c1-7-11-2-3-13(7)5-9-12-8(4-10)6-14-9/h2-3,6H,4-5,10H2,1H3. The van der Waals surface area contributed by atoms with Crippen molar-refractivity contribution in [2.45, 2.75) is 20.0 Å². The zero-order valence-electron chi connectivity index (χ0n) is 7.97. The summed E-state index contributed by atoms with van der Waals surface area (Å²) in [4.78, 5) is 8.54. The van der Waals surface area contributed by atoms with Crippen LogP contribution in [-0.4, -0.2) is 14.5 Å². The topological polar surface area (TPSA) is 56.7 Å². The molecule has 5 heteroatoms. The molecule has 0 fully saturated rings. The van der Waals surface area contributed by atoms with Gasteiger partial charge in [0.05, 0.1) is 12.2 Å². The molecule has 14 heavy (non-hydrogen) atoms. The van der Waals surface area contributed by atoms with E-state index in [0.717, 1.165) is 23.1 Å². The van der Waals surface area contributed by atoms with Crippen molar-refractivity contribution >= 4 is 11.3 Å². The van der Waals surface area contributed by atoms with Crippen molar-refractivity contribution in [3.63, 3.8) is 0 Å². The highest BCUT2D eigenvalue weighted by Crippen LogP contribution is 2.11. The lowest BCUT2D eigenvalue weighted by atomic mass is 10.5. The van der Waals surface area contributed by atoms with Crippen LogP contribution in [0.3, 0.4) is 0 Å². The summed E-state index contributed by atoms with van der Waals surface area (Å²) in [5, 5.41) is 3.08. The fourth-order valence-corrected chi connectivity index (χ4v) is 2.04. The van der Waals surface area contributed by atoms with Crippen LogP contribution in [0.25, 0.3) is 0 Å². The molecule has 0 aliphatic rings. The number of hydrogen-bond acceptors (Lipinski definition) is 4. The zero-order valence-corrected chi connectivity index (χ0v) is 8.79. The van der Waals surface area contributed by atoms with Gasteiger partial charge in [-0.15, -0.1) is 11.3 Å². The quantitative estimate of drug-likeness (QED) is 0.823. The molecule has 0 bridgehead atoms. The average Bonchev–Trinajstić information content (AvgIpc) is 2.77. The minimum Gasteiger partial charge on any atom is -0.328 e. The Morgan fingerprint density at radius 1 is 1.57 bits per heavy atom. The molecule has 0 unspecified atom stereocenters. The fourth-order valence-electron chi connectivity index (χ4n) is 1.23. The van der Waals surface area contributed by atoms with Crippen molar-refractivity contribution in [1.29, 1.82) is 0 Å². The van der Waals surface area contributed by atoms with Gasteiger partial charge in [-0.05, 0) is 6.92 Å². The molecule has 2 rings (SSSR count). The molecule has 0 atom stereocenters. The summed E-state index contributed by atoms with van der Waals surface area (Å²) in [5.74, 6) is 1.01. The highest BCUT2D eigenvalue weighted by atomic mass is 32.1. The smallest absolute Gasteiger partial charge is 0.113 e. The maximum absolute atomic E-state index is 5.49. The number of hydrogen-bond donors (Lipinski definition) is 1. The predicted molar refractivity (Wildman–Crippen MR) is 56.1 cm³/mol. The van der Waals surface area contributed by atoms with Gasteiger partial charge < -0.3 is 10.3 Å². The van der Waals surface area contributed by atoms with E-state index < -0.39 is 0 Å². The first-order chi connectivity index (χ1) is 6.79. The fraction of sp³-hybridized carbons (Fsp3) is 0.333. The SMILES string of the molecule is Cc1nccn1Cc1nc(CN)cs1. The van der Waals surface area contributed by atoms with Gasteiger partial charge in [-0.3, -0.25) is 0 Å². The highest BCUT2D eigenvalue weighted by Gasteiger charge is 2.02. The number of thiazole rings is 1. The van der Waals surface area contributed by atoms with Crippen LogP contribution in [0.1, 0.15) is 16.5 Å². The lowest BCUT2D eigenvalue weighted by molar-refractivity contribution is 0.752. The molecule has 74 valence electrons. The highest BCUT2D eigenvalue weighted by molar-refractivity contribution is 7.09. The third-order valence-electron chi connectivity index (χ3n) is 2.04. The lowest BCUT2D eigenvalue weighted by Crippen LogP contribution is -2.01. The van der Waals surface area contributed by atoms with E-state index in [-0.39, 0.29) is 0 Å². The average molecular weight is 208 g/mol. The van der Waals surface area contributed by atoms with Gasteiger partial charge in [-0.25, -0.2) is 9.97 Å². The molecule has 0 amide bonds. The molecular weight excluding hydrogens is 196 g/mol. The van der Waals surface area contributed by atoms with E-state index in [0.29, 0.717) is 6.54 Å². The van der Waals surface area contributed by atoms with Crippen LogP contribution in [-0.2, 0) is 13.1 Å². The second kappa shape index (κ2) is 3.89. The van der Waals surface area contributed by atoms with Crippen LogP contribution in [0.5, 0.6) is 0 Å². The van der Waals surface area contributed by atoms with Crippen LogP contribution < -0.4 is 5.73 Å². The first kappa shape index (κ1) is 9.36. The molecular formula is C9H12N4S. The van der Waals surface area contributed by atoms with Crippen LogP contribution in [0.2, 0.25) is 0 Å². The summed E-state index contributed by atoms with van der Waals surface area (Å²) in [7, 11) is 0. The number of nitrogens with two attached hydrogens (primary N) is 1. The maximum Gasteiger partial charge on any atom is 0.113 e. The molecule has 0 radical (unpaired) electrons. The molecule has 2 heterocycles. The summed E-state index contributed by atoms with van der Waals surface area (Å²) in [6.07, 6.45) is 3.76. The van der Waals surface area contributed by atoms with E-state index in [2.05, 4.69) is 14.5 Å². The van der Waals surface area contributed by atoms with Crippen molar-refractivity contribution in [3.05, 3.63) is 34.3 Å². The predicted octanol–water partition coefficient (Wildman–Crippen LogP) is 1.16. The van der Waals surface area contributed by atoms with Gasteiger partial charge in [0.2, 0.25) is 0 Å². The van der Waals surface area contributed by atoms with Crippen molar-refractivity contribution in [1.82, 2.24) is 14.5 Å². The van der Waals surface area contributed by atoms with Crippen molar-refractivity contribution in [3.8, 4) is 0 Å². The van der Waals surface area contributed by atoms with Gasteiger partial charge in [-0.1, -0.05) is 0 Å². The van der Waals surface area contributed by atoms with Crippen molar-refractivity contribution < 1.29 is 0 Å². The molecule has 0 spiro atoms. The maximum atomic E-state index is 5.49. The van der Waals surface area contributed by atoms with Crippen LogP contribution >= 0.6 is 11.3 Å². The van der Waals surface area contributed by atoms with Gasteiger partial charge in [0.1, 0.15) is 10.8 Å². The Balaban J connectivity index is 2.15.